The zero-order valence-electron chi connectivity index (χ0n) is 6.03. The van der Waals surface area contributed by atoms with Gasteiger partial charge in [0.15, 0.2) is 0 Å². The van der Waals surface area contributed by atoms with Gasteiger partial charge in [-0.15, -0.1) is 0 Å². The Bertz CT molecular complexity index is 245. The molecule has 57 valence electrons. The van der Waals surface area contributed by atoms with Crippen LogP contribution in [0, 0.1) is 0 Å². The lowest BCUT2D eigenvalue weighted by molar-refractivity contribution is 0.408. The maximum absolute atomic E-state index is 9.79. The number of hydrogen-bond donors (Lipinski definition) is 0. The first-order chi connectivity index (χ1) is 5.36. The molecule has 3 nitrogen and oxygen atoms in total. The van der Waals surface area contributed by atoms with Crippen LogP contribution in [0.5, 0.6) is 11.5 Å². The predicted molar refractivity (Wildman–Crippen MR) is 39.3 cm³/mol. The van der Waals surface area contributed by atoms with Crippen molar-refractivity contribution in [2.75, 3.05) is 7.11 Å². The molecule has 0 N–H and O–H groups in total. The molecule has 0 aliphatic carbocycles. The molecule has 0 aliphatic rings. The van der Waals surface area contributed by atoms with Gasteiger partial charge in [0.25, 0.3) is 0 Å². The van der Waals surface area contributed by atoms with E-state index in [1.165, 1.54) is 6.47 Å². The van der Waals surface area contributed by atoms with Gasteiger partial charge in [0.2, 0.25) is 0 Å². The Morgan fingerprint density at radius 1 is 1.36 bits per heavy atom. The molecule has 0 heterocycles. The van der Waals surface area contributed by atoms with E-state index in [1.54, 1.807) is 31.4 Å². The third-order valence-corrected chi connectivity index (χ3v) is 1.20. The molecule has 11 heavy (non-hydrogen) atoms. The van der Waals surface area contributed by atoms with Gasteiger partial charge in [-0.2, -0.15) is 0 Å². The second kappa shape index (κ2) is 3.61. The lowest BCUT2D eigenvalue weighted by Gasteiger charge is -1.99. The second-order valence-corrected chi connectivity index (χ2v) is 1.86. The third kappa shape index (κ3) is 1.97. The number of benzene rings is 1. The van der Waals surface area contributed by atoms with Gasteiger partial charge in [-0.1, -0.05) is 6.07 Å². The van der Waals surface area contributed by atoms with Gasteiger partial charge in [0.1, 0.15) is 11.5 Å². The van der Waals surface area contributed by atoms with Gasteiger partial charge in [-0.3, -0.25) is 0 Å². The Hall–Kier alpha value is -1.51. The largest absolute Gasteiger partial charge is 0.497 e. The normalized spacial score (nSPS) is 8.82. The maximum Gasteiger partial charge on any atom is 0.423 e. The van der Waals surface area contributed by atoms with Crippen molar-refractivity contribution in [3.63, 3.8) is 0 Å². The Kier molecular flexibility index (Phi) is 2.49. The highest BCUT2D eigenvalue weighted by Gasteiger charge is 1.94. The fourth-order valence-electron chi connectivity index (χ4n) is 0.713. The average Bonchev–Trinajstić information content (AvgIpc) is 2.06. The summed E-state index contributed by atoms with van der Waals surface area (Å²) in [5.74, 6) is 1.08. The van der Waals surface area contributed by atoms with Crippen LogP contribution in [0.15, 0.2) is 24.3 Å². The number of rotatable bonds is 3. The average molecular weight is 151 g/mol. The van der Waals surface area contributed by atoms with Crippen LogP contribution in [0.4, 0.5) is 0 Å². The van der Waals surface area contributed by atoms with Gasteiger partial charge in [-0.25, -0.2) is 4.79 Å². The van der Waals surface area contributed by atoms with Gasteiger partial charge < -0.3 is 9.47 Å². The summed E-state index contributed by atoms with van der Waals surface area (Å²) in [5.41, 5.74) is 0. The van der Waals surface area contributed by atoms with Crippen molar-refractivity contribution in [2.45, 2.75) is 0 Å². The number of methoxy groups -OCH3 is 1. The standard InChI is InChI=1S/C8H7O3/c1-10-7-3-2-4-8(5-7)11-6-9/h2-5H,1H3. The molecule has 0 saturated carbocycles. The van der Waals surface area contributed by atoms with Crippen LogP contribution in [0.1, 0.15) is 0 Å². The maximum atomic E-state index is 9.79. The Balaban J connectivity index is 2.82. The zero-order chi connectivity index (χ0) is 8.10. The molecule has 0 unspecified atom stereocenters. The van der Waals surface area contributed by atoms with Crippen molar-refractivity contribution in [1.29, 1.82) is 0 Å². The molecular formula is C8H7O3. The molecule has 0 aromatic heterocycles. The van der Waals surface area contributed by atoms with Crippen LogP contribution in [-0.4, -0.2) is 13.6 Å². The zero-order valence-corrected chi connectivity index (χ0v) is 6.03. The van der Waals surface area contributed by atoms with E-state index in [0.29, 0.717) is 11.5 Å². The minimum atomic E-state index is 0.430. The molecule has 1 rings (SSSR count). The second-order valence-electron chi connectivity index (χ2n) is 1.86. The number of hydrogen-bond acceptors (Lipinski definition) is 3. The van der Waals surface area contributed by atoms with E-state index in [4.69, 9.17) is 4.74 Å². The van der Waals surface area contributed by atoms with E-state index < -0.39 is 0 Å². The van der Waals surface area contributed by atoms with E-state index in [9.17, 15) is 4.79 Å². The van der Waals surface area contributed by atoms with E-state index in [1.807, 2.05) is 0 Å². The molecule has 3 heteroatoms. The lowest BCUT2D eigenvalue weighted by atomic mass is 10.3. The van der Waals surface area contributed by atoms with E-state index in [2.05, 4.69) is 4.74 Å². The van der Waals surface area contributed by atoms with Crippen LogP contribution in [0.25, 0.3) is 0 Å². The highest BCUT2D eigenvalue weighted by molar-refractivity contribution is 5.47. The first kappa shape index (κ1) is 7.60. The molecule has 0 aliphatic heterocycles. The quantitative estimate of drug-likeness (QED) is 0.649. The minimum absolute atomic E-state index is 0.430. The number of ether oxygens (including phenoxy) is 2. The smallest absolute Gasteiger partial charge is 0.423 e. The Labute approximate surface area is 64.5 Å². The molecule has 0 amide bonds. The molecule has 0 saturated heterocycles. The summed E-state index contributed by atoms with van der Waals surface area (Å²) in [6.07, 6.45) is 0. The van der Waals surface area contributed by atoms with Crippen molar-refractivity contribution in [3.8, 4) is 11.5 Å². The summed E-state index contributed by atoms with van der Waals surface area (Å²) in [6.45, 7) is 1.33. The Morgan fingerprint density at radius 3 is 2.73 bits per heavy atom. The summed E-state index contributed by atoms with van der Waals surface area (Å²) in [5, 5.41) is 0. The van der Waals surface area contributed by atoms with Crippen LogP contribution in [-0.2, 0) is 4.79 Å². The summed E-state index contributed by atoms with van der Waals surface area (Å²) in [6, 6.07) is 6.74. The molecule has 0 atom stereocenters. The van der Waals surface area contributed by atoms with Crippen LogP contribution < -0.4 is 9.47 Å². The summed E-state index contributed by atoms with van der Waals surface area (Å²) >= 11 is 0. The molecule has 0 spiro atoms. The fraction of sp³-hybridized carbons (Fsp3) is 0.125. The lowest BCUT2D eigenvalue weighted by Crippen LogP contribution is -1.88. The molecule has 0 bridgehead atoms. The third-order valence-electron chi connectivity index (χ3n) is 1.20. The first-order valence-electron chi connectivity index (χ1n) is 3.05. The molecule has 1 aromatic rings. The highest BCUT2D eigenvalue weighted by atomic mass is 16.5. The van der Waals surface area contributed by atoms with Crippen LogP contribution >= 0.6 is 0 Å². The molecule has 0 fully saturated rings. The molecular weight excluding hydrogens is 144 g/mol. The van der Waals surface area contributed by atoms with Crippen molar-refractivity contribution >= 4 is 6.47 Å². The monoisotopic (exact) mass is 151 g/mol. The van der Waals surface area contributed by atoms with Crippen molar-refractivity contribution in [1.82, 2.24) is 0 Å². The number of carbonyl (C=O) groups excluding carboxylic acids is 1. The molecule has 1 radical (unpaired) electrons. The minimum Gasteiger partial charge on any atom is -0.497 e. The van der Waals surface area contributed by atoms with Crippen LogP contribution in [0.2, 0.25) is 0 Å². The Morgan fingerprint density at radius 2 is 2.09 bits per heavy atom. The van der Waals surface area contributed by atoms with E-state index in [-0.39, 0.29) is 0 Å². The summed E-state index contributed by atoms with van der Waals surface area (Å²) in [7, 11) is 1.55. The van der Waals surface area contributed by atoms with Gasteiger partial charge >= 0.3 is 6.47 Å². The van der Waals surface area contributed by atoms with Crippen molar-refractivity contribution in [3.05, 3.63) is 24.3 Å². The van der Waals surface area contributed by atoms with E-state index >= 15 is 0 Å². The van der Waals surface area contributed by atoms with Crippen LogP contribution in [0.3, 0.4) is 0 Å². The first-order valence-corrected chi connectivity index (χ1v) is 3.05. The van der Waals surface area contributed by atoms with Crippen molar-refractivity contribution < 1.29 is 14.3 Å². The highest BCUT2D eigenvalue weighted by Crippen LogP contribution is 2.17. The predicted octanol–water partition coefficient (Wildman–Crippen LogP) is 1.14. The fourth-order valence-corrected chi connectivity index (χ4v) is 0.713. The van der Waals surface area contributed by atoms with Crippen molar-refractivity contribution in [2.24, 2.45) is 0 Å². The summed E-state index contributed by atoms with van der Waals surface area (Å²) in [4.78, 5) is 9.79. The summed E-state index contributed by atoms with van der Waals surface area (Å²) < 4.78 is 9.35. The van der Waals surface area contributed by atoms with Gasteiger partial charge in [-0.05, 0) is 12.1 Å². The SMILES string of the molecule is COc1cccc(O[C]=O)c1. The van der Waals surface area contributed by atoms with E-state index in [0.717, 1.165) is 0 Å². The molecule has 1 aromatic carbocycles. The van der Waals surface area contributed by atoms with Gasteiger partial charge in [0.05, 0.1) is 7.11 Å². The topological polar surface area (TPSA) is 35.5 Å². The van der Waals surface area contributed by atoms with Gasteiger partial charge in [0, 0.05) is 6.07 Å².